The first-order valence-corrected chi connectivity index (χ1v) is 11.1. The Bertz CT molecular complexity index is 1000. The SMILES string of the molecule is Cc1ncc(CN2CCCC3(CCc4cnc(-c5ccccc5)nc43)C2)s1.O=CO. The lowest BCUT2D eigenvalue weighted by atomic mass is 9.77. The number of aromatic nitrogens is 3. The molecule has 3 aromatic rings. The van der Waals surface area contributed by atoms with Gasteiger partial charge in [-0.1, -0.05) is 30.3 Å². The summed E-state index contributed by atoms with van der Waals surface area (Å²) in [6.07, 6.45) is 8.90. The highest BCUT2D eigenvalue weighted by atomic mass is 32.1. The number of benzene rings is 1. The molecule has 0 radical (unpaired) electrons. The molecule has 3 heterocycles. The van der Waals surface area contributed by atoms with E-state index in [4.69, 9.17) is 14.9 Å². The van der Waals surface area contributed by atoms with Crippen LogP contribution in [0, 0.1) is 6.92 Å². The Balaban J connectivity index is 0.000000687. The lowest BCUT2D eigenvalue weighted by Gasteiger charge is -2.40. The molecule has 0 bridgehead atoms. The quantitative estimate of drug-likeness (QED) is 0.641. The summed E-state index contributed by atoms with van der Waals surface area (Å²) in [4.78, 5) is 26.5. The number of carboxylic acid groups (broad SMARTS) is 1. The van der Waals surface area contributed by atoms with Gasteiger partial charge in [0.05, 0.1) is 10.7 Å². The molecule has 30 heavy (non-hydrogen) atoms. The Hall–Kier alpha value is -2.64. The van der Waals surface area contributed by atoms with Gasteiger partial charge < -0.3 is 5.11 Å². The molecule has 1 unspecified atom stereocenters. The van der Waals surface area contributed by atoms with Gasteiger partial charge in [-0.2, -0.15) is 0 Å². The molecule has 2 aromatic heterocycles. The second-order valence-corrected chi connectivity index (χ2v) is 9.30. The Morgan fingerprint density at radius 3 is 2.73 bits per heavy atom. The zero-order valence-electron chi connectivity index (χ0n) is 17.1. The minimum absolute atomic E-state index is 0.194. The molecule has 2 aliphatic rings. The Kier molecular flexibility index (Phi) is 6.20. The second kappa shape index (κ2) is 9.02. The molecule has 1 aliphatic heterocycles. The van der Waals surface area contributed by atoms with Crippen molar-refractivity contribution in [3.63, 3.8) is 0 Å². The topological polar surface area (TPSA) is 79.2 Å². The van der Waals surface area contributed by atoms with Crippen LogP contribution in [0.15, 0.2) is 42.7 Å². The molecule has 156 valence electrons. The van der Waals surface area contributed by atoms with Gasteiger partial charge in [-0.15, -0.1) is 11.3 Å². The number of thiazole rings is 1. The van der Waals surface area contributed by atoms with Gasteiger partial charge in [0.15, 0.2) is 5.82 Å². The molecule has 1 spiro atoms. The van der Waals surface area contributed by atoms with Gasteiger partial charge in [0.1, 0.15) is 0 Å². The van der Waals surface area contributed by atoms with Crippen LogP contribution in [0.2, 0.25) is 0 Å². The number of aryl methyl sites for hydroxylation is 2. The van der Waals surface area contributed by atoms with Crippen molar-refractivity contribution >= 4 is 17.8 Å². The van der Waals surface area contributed by atoms with Crippen LogP contribution in [0.4, 0.5) is 0 Å². The maximum atomic E-state index is 8.36. The first-order chi connectivity index (χ1) is 14.6. The molecule has 1 aliphatic carbocycles. The predicted octanol–water partition coefficient (Wildman–Crippen LogP) is 4.09. The maximum Gasteiger partial charge on any atom is 0.290 e. The van der Waals surface area contributed by atoms with E-state index < -0.39 is 0 Å². The summed E-state index contributed by atoms with van der Waals surface area (Å²) in [7, 11) is 0. The third-order valence-corrected chi connectivity index (χ3v) is 6.87. The first-order valence-electron chi connectivity index (χ1n) is 10.3. The van der Waals surface area contributed by atoms with E-state index in [0.29, 0.717) is 0 Å². The fourth-order valence-corrected chi connectivity index (χ4v) is 5.56. The summed E-state index contributed by atoms with van der Waals surface area (Å²) >= 11 is 1.82. The van der Waals surface area contributed by atoms with Crippen molar-refractivity contribution in [2.24, 2.45) is 0 Å². The normalized spacial score (nSPS) is 20.4. The van der Waals surface area contributed by atoms with Gasteiger partial charge in [-0.3, -0.25) is 9.69 Å². The van der Waals surface area contributed by atoms with Crippen LogP contribution in [0.5, 0.6) is 0 Å². The summed E-state index contributed by atoms with van der Waals surface area (Å²) in [6.45, 7) is 5.12. The van der Waals surface area contributed by atoms with E-state index in [2.05, 4.69) is 52.3 Å². The van der Waals surface area contributed by atoms with E-state index in [-0.39, 0.29) is 11.9 Å². The molecule has 0 amide bonds. The highest BCUT2D eigenvalue weighted by molar-refractivity contribution is 7.11. The Morgan fingerprint density at radius 2 is 2.00 bits per heavy atom. The Labute approximate surface area is 180 Å². The van der Waals surface area contributed by atoms with E-state index >= 15 is 0 Å². The van der Waals surface area contributed by atoms with Gasteiger partial charge in [-0.25, -0.2) is 15.0 Å². The summed E-state index contributed by atoms with van der Waals surface area (Å²) in [5.74, 6) is 0.867. The van der Waals surface area contributed by atoms with Crippen molar-refractivity contribution in [1.82, 2.24) is 19.9 Å². The van der Waals surface area contributed by atoms with Crippen LogP contribution in [0.3, 0.4) is 0 Å². The minimum atomic E-state index is -0.250. The first kappa shape index (κ1) is 20.6. The van der Waals surface area contributed by atoms with Gasteiger partial charge in [0, 0.05) is 41.3 Å². The molecule has 1 aromatic carbocycles. The zero-order chi connectivity index (χ0) is 21.0. The molecule has 1 fully saturated rings. The number of carbonyl (C=O) groups is 1. The van der Waals surface area contributed by atoms with Crippen LogP contribution in [-0.2, 0) is 23.2 Å². The van der Waals surface area contributed by atoms with Gasteiger partial charge in [0.25, 0.3) is 6.47 Å². The van der Waals surface area contributed by atoms with Gasteiger partial charge in [-0.05, 0) is 44.7 Å². The molecule has 1 N–H and O–H groups in total. The molecule has 7 heteroatoms. The number of rotatable bonds is 3. The molecule has 1 saturated heterocycles. The third-order valence-electron chi connectivity index (χ3n) is 5.98. The number of piperidine rings is 1. The fourth-order valence-electron chi connectivity index (χ4n) is 4.73. The number of fused-ring (bicyclic) bond motifs is 2. The highest BCUT2D eigenvalue weighted by Crippen LogP contribution is 2.44. The zero-order valence-corrected chi connectivity index (χ0v) is 17.9. The Morgan fingerprint density at radius 1 is 1.20 bits per heavy atom. The standard InChI is InChI=1S/C22H24N4S.CH2O2/c1-16-23-13-19(27-16)14-26-11-5-9-22(15-26)10-8-18-12-24-21(25-20(18)22)17-6-3-2-4-7-17;2-1-3/h2-4,6-7,12-13H,5,8-11,14-15H2,1H3;1H,(H,2,3). The van der Waals surface area contributed by atoms with Crippen LogP contribution in [0.25, 0.3) is 11.4 Å². The number of likely N-dealkylation sites (tertiary alicyclic amines) is 1. The second-order valence-electron chi connectivity index (χ2n) is 7.98. The third kappa shape index (κ3) is 4.27. The average molecular weight is 423 g/mol. The van der Waals surface area contributed by atoms with Crippen molar-refractivity contribution in [3.05, 3.63) is 63.9 Å². The fraction of sp³-hybridized carbons (Fsp3) is 0.391. The molecule has 1 atom stereocenters. The largest absolute Gasteiger partial charge is 0.483 e. The molecule has 6 nitrogen and oxygen atoms in total. The average Bonchev–Trinajstić information content (AvgIpc) is 3.33. The molecule has 5 rings (SSSR count). The maximum absolute atomic E-state index is 8.36. The van der Waals surface area contributed by atoms with Crippen LogP contribution in [0.1, 0.15) is 40.4 Å². The van der Waals surface area contributed by atoms with Crippen molar-refractivity contribution in [3.8, 4) is 11.4 Å². The van der Waals surface area contributed by atoms with E-state index in [1.54, 1.807) is 0 Å². The lowest BCUT2D eigenvalue weighted by Crippen LogP contribution is -2.44. The molecule has 0 saturated carbocycles. The lowest BCUT2D eigenvalue weighted by molar-refractivity contribution is -0.122. The van der Waals surface area contributed by atoms with Crippen molar-refractivity contribution in [1.29, 1.82) is 0 Å². The summed E-state index contributed by atoms with van der Waals surface area (Å²) < 4.78 is 0. The monoisotopic (exact) mass is 422 g/mol. The summed E-state index contributed by atoms with van der Waals surface area (Å²) in [5, 5.41) is 8.04. The number of hydrogen-bond donors (Lipinski definition) is 1. The van der Waals surface area contributed by atoms with Gasteiger partial charge in [0.2, 0.25) is 0 Å². The van der Waals surface area contributed by atoms with Crippen molar-refractivity contribution in [2.75, 3.05) is 13.1 Å². The molecular weight excluding hydrogens is 396 g/mol. The predicted molar refractivity (Wildman–Crippen MR) is 118 cm³/mol. The summed E-state index contributed by atoms with van der Waals surface area (Å²) in [6, 6.07) is 10.4. The minimum Gasteiger partial charge on any atom is -0.483 e. The van der Waals surface area contributed by atoms with Crippen LogP contribution < -0.4 is 0 Å². The summed E-state index contributed by atoms with van der Waals surface area (Å²) in [5.41, 5.74) is 3.96. The van der Waals surface area contributed by atoms with Crippen LogP contribution >= 0.6 is 11.3 Å². The number of nitrogens with zero attached hydrogens (tertiary/aromatic N) is 4. The van der Waals surface area contributed by atoms with E-state index in [1.165, 1.54) is 41.9 Å². The van der Waals surface area contributed by atoms with Crippen LogP contribution in [-0.4, -0.2) is 44.5 Å². The smallest absolute Gasteiger partial charge is 0.290 e. The molecular formula is C23H26N4O2S. The van der Waals surface area contributed by atoms with E-state index in [0.717, 1.165) is 35.9 Å². The van der Waals surface area contributed by atoms with Crippen molar-refractivity contribution in [2.45, 2.75) is 44.6 Å². The highest BCUT2D eigenvalue weighted by Gasteiger charge is 2.43. The van der Waals surface area contributed by atoms with Crippen molar-refractivity contribution < 1.29 is 9.90 Å². The van der Waals surface area contributed by atoms with Gasteiger partial charge >= 0.3 is 0 Å². The number of hydrogen-bond acceptors (Lipinski definition) is 6. The van der Waals surface area contributed by atoms with E-state index in [1.807, 2.05) is 23.6 Å². The van der Waals surface area contributed by atoms with E-state index in [9.17, 15) is 0 Å².